The monoisotopic (exact) mass is 426 g/mol. The summed E-state index contributed by atoms with van der Waals surface area (Å²) in [6, 6.07) is 9.63. The Morgan fingerprint density at radius 1 is 0.964 bits per heavy atom. The van der Waals surface area contributed by atoms with E-state index < -0.39 is 25.9 Å². The number of aryl methyl sites for hydroxylation is 1. The van der Waals surface area contributed by atoms with Gasteiger partial charge in [0.15, 0.2) is 0 Å². The molecule has 3 rings (SSSR count). The van der Waals surface area contributed by atoms with E-state index >= 15 is 0 Å². The highest BCUT2D eigenvalue weighted by atomic mass is 32.2. The zero-order valence-corrected chi connectivity index (χ0v) is 17.4. The summed E-state index contributed by atoms with van der Waals surface area (Å²) >= 11 is 0. The molecule has 0 N–H and O–H groups in total. The summed E-state index contributed by atoms with van der Waals surface area (Å²) in [5.41, 5.74) is 0.726. The van der Waals surface area contributed by atoms with Crippen molar-refractivity contribution in [3.05, 3.63) is 53.8 Å². The molecule has 0 saturated heterocycles. The summed E-state index contributed by atoms with van der Waals surface area (Å²) in [5, 5.41) is 0. The van der Waals surface area contributed by atoms with Crippen LogP contribution in [-0.2, 0) is 26.5 Å². The van der Waals surface area contributed by atoms with Crippen molar-refractivity contribution in [2.45, 2.75) is 36.5 Å². The molecule has 0 aromatic heterocycles. The smallest absolute Gasteiger partial charge is 0.263 e. The van der Waals surface area contributed by atoms with Crippen LogP contribution in [-0.4, -0.2) is 40.8 Å². The number of sulfonamides is 2. The molecule has 0 saturated carbocycles. The molecule has 2 aromatic carbocycles. The average molecular weight is 427 g/mol. The molecule has 0 amide bonds. The molecule has 0 aliphatic carbocycles. The van der Waals surface area contributed by atoms with E-state index in [1.165, 1.54) is 34.6 Å². The van der Waals surface area contributed by atoms with Crippen LogP contribution in [0.3, 0.4) is 0 Å². The van der Waals surface area contributed by atoms with Crippen molar-refractivity contribution in [2.24, 2.45) is 0 Å². The predicted octanol–water partition coefficient (Wildman–Crippen LogP) is 3.00. The number of anilines is 1. The molecule has 1 aliphatic heterocycles. The average Bonchev–Trinajstić information content (AvgIpc) is 2.68. The molecule has 0 unspecified atom stereocenters. The van der Waals surface area contributed by atoms with E-state index in [0.717, 1.165) is 4.31 Å². The van der Waals surface area contributed by atoms with Gasteiger partial charge in [0.25, 0.3) is 10.0 Å². The fourth-order valence-electron chi connectivity index (χ4n) is 3.43. The minimum absolute atomic E-state index is 0.0281. The number of fused-ring (bicyclic) bond motifs is 1. The third-order valence-corrected chi connectivity index (χ3v) is 8.76. The van der Waals surface area contributed by atoms with Crippen LogP contribution in [0.2, 0.25) is 0 Å². The van der Waals surface area contributed by atoms with Crippen LogP contribution in [0.1, 0.15) is 25.8 Å². The number of para-hydroxylation sites is 1. The lowest BCUT2D eigenvalue weighted by molar-refractivity contribution is 0.445. The van der Waals surface area contributed by atoms with Crippen LogP contribution >= 0.6 is 0 Å². The standard InChI is InChI=1S/C19H23FN2O4S2/c1-3-21(4-2)27(23,24)16-10-12-17(13-11-16)28(25,26)22-14-6-8-15-7-5-9-18(20)19(15)22/h5,7,9-13H,3-4,6,8,14H2,1-2H3. The second kappa shape index (κ2) is 7.81. The number of hydrogen-bond donors (Lipinski definition) is 0. The Balaban J connectivity index is 1.99. The molecule has 9 heteroatoms. The summed E-state index contributed by atoms with van der Waals surface area (Å²) in [5.74, 6) is -0.582. The topological polar surface area (TPSA) is 74.8 Å². The van der Waals surface area contributed by atoms with E-state index in [-0.39, 0.29) is 22.0 Å². The number of benzene rings is 2. The van der Waals surface area contributed by atoms with Crippen molar-refractivity contribution < 1.29 is 21.2 Å². The third kappa shape index (κ3) is 3.54. The van der Waals surface area contributed by atoms with E-state index in [1.807, 2.05) is 0 Å². The van der Waals surface area contributed by atoms with Gasteiger partial charge in [-0.05, 0) is 48.7 Å². The van der Waals surface area contributed by atoms with Crippen LogP contribution in [0.15, 0.2) is 52.3 Å². The Labute approximate surface area is 165 Å². The highest BCUT2D eigenvalue weighted by Gasteiger charge is 2.32. The van der Waals surface area contributed by atoms with E-state index in [4.69, 9.17) is 0 Å². The molecule has 0 bridgehead atoms. The molecular weight excluding hydrogens is 403 g/mol. The molecule has 1 heterocycles. The van der Waals surface area contributed by atoms with Gasteiger partial charge < -0.3 is 0 Å². The van der Waals surface area contributed by atoms with Gasteiger partial charge in [-0.1, -0.05) is 26.0 Å². The maximum absolute atomic E-state index is 14.4. The first-order valence-electron chi connectivity index (χ1n) is 9.13. The van der Waals surface area contributed by atoms with Gasteiger partial charge in [0, 0.05) is 19.6 Å². The van der Waals surface area contributed by atoms with Crippen LogP contribution in [0.25, 0.3) is 0 Å². The zero-order valence-electron chi connectivity index (χ0n) is 15.8. The molecular formula is C19H23FN2O4S2. The number of halogens is 1. The summed E-state index contributed by atoms with van der Waals surface area (Å²) in [6.07, 6.45) is 1.20. The highest BCUT2D eigenvalue weighted by molar-refractivity contribution is 7.93. The fraction of sp³-hybridized carbons (Fsp3) is 0.368. The minimum atomic E-state index is -4.01. The SMILES string of the molecule is CCN(CC)S(=O)(=O)c1ccc(S(=O)(=O)N2CCCc3cccc(F)c32)cc1. The molecule has 0 radical (unpaired) electrons. The molecule has 1 aliphatic rings. The van der Waals surface area contributed by atoms with Gasteiger partial charge in [-0.2, -0.15) is 4.31 Å². The summed E-state index contributed by atoms with van der Waals surface area (Å²) in [7, 11) is -7.69. The maximum Gasteiger partial charge on any atom is 0.264 e. The van der Waals surface area contributed by atoms with Crippen molar-refractivity contribution in [1.29, 1.82) is 0 Å². The lowest BCUT2D eigenvalue weighted by Gasteiger charge is -2.30. The Bertz CT molecular complexity index is 1060. The van der Waals surface area contributed by atoms with Crippen molar-refractivity contribution in [3.63, 3.8) is 0 Å². The molecule has 2 aromatic rings. The fourth-order valence-corrected chi connectivity index (χ4v) is 6.44. The third-order valence-electron chi connectivity index (χ3n) is 4.88. The van der Waals surface area contributed by atoms with E-state index in [0.29, 0.717) is 31.5 Å². The Morgan fingerprint density at radius 3 is 2.18 bits per heavy atom. The van der Waals surface area contributed by atoms with Gasteiger partial charge in [-0.15, -0.1) is 0 Å². The molecule has 28 heavy (non-hydrogen) atoms. The van der Waals surface area contributed by atoms with Crippen LogP contribution < -0.4 is 4.31 Å². The van der Waals surface area contributed by atoms with Crippen LogP contribution in [0.4, 0.5) is 10.1 Å². The number of nitrogens with zero attached hydrogens (tertiary/aromatic N) is 2. The molecule has 0 atom stereocenters. The van der Waals surface area contributed by atoms with Gasteiger partial charge in [-0.25, -0.2) is 21.2 Å². The van der Waals surface area contributed by atoms with Crippen molar-refractivity contribution >= 4 is 25.7 Å². The Morgan fingerprint density at radius 2 is 1.57 bits per heavy atom. The van der Waals surface area contributed by atoms with Crippen molar-refractivity contribution in [3.8, 4) is 0 Å². The summed E-state index contributed by atoms with van der Waals surface area (Å²) in [6.45, 7) is 4.30. The molecule has 0 spiro atoms. The van der Waals surface area contributed by atoms with Gasteiger partial charge in [0.2, 0.25) is 10.0 Å². The Kier molecular flexibility index (Phi) is 5.79. The van der Waals surface area contributed by atoms with Crippen molar-refractivity contribution in [1.82, 2.24) is 4.31 Å². The van der Waals surface area contributed by atoms with Crippen LogP contribution in [0.5, 0.6) is 0 Å². The molecule has 0 fully saturated rings. The first kappa shape index (κ1) is 20.8. The number of rotatable bonds is 6. The summed E-state index contributed by atoms with van der Waals surface area (Å²) in [4.78, 5) is -0.0394. The zero-order chi connectivity index (χ0) is 20.5. The highest BCUT2D eigenvalue weighted by Crippen LogP contribution is 2.34. The lowest BCUT2D eigenvalue weighted by atomic mass is 10.0. The maximum atomic E-state index is 14.4. The normalized spacial score (nSPS) is 14.9. The van der Waals surface area contributed by atoms with Crippen LogP contribution in [0, 0.1) is 5.82 Å². The first-order valence-corrected chi connectivity index (χ1v) is 12.0. The van der Waals surface area contributed by atoms with Gasteiger partial charge in [0.1, 0.15) is 5.82 Å². The second-order valence-electron chi connectivity index (χ2n) is 6.49. The lowest BCUT2D eigenvalue weighted by Crippen LogP contribution is -2.36. The van der Waals surface area contributed by atoms with E-state index in [9.17, 15) is 21.2 Å². The van der Waals surface area contributed by atoms with Gasteiger partial charge in [-0.3, -0.25) is 4.31 Å². The summed E-state index contributed by atoms with van der Waals surface area (Å²) < 4.78 is 68.1. The second-order valence-corrected chi connectivity index (χ2v) is 10.3. The predicted molar refractivity (Wildman–Crippen MR) is 106 cm³/mol. The largest absolute Gasteiger partial charge is 0.264 e. The van der Waals surface area contributed by atoms with Gasteiger partial charge >= 0.3 is 0 Å². The number of hydrogen-bond acceptors (Lipinski definition) is 4. The van der Waals surface area contributed by atoms with E-state index in [2.05, 4.69) is 0 Å². The molecule has 152 valence electrons. The van der Waals surface area contributed by atoms with Crippen molar-refractivity contribution in [2.75, 3.05) is 23.9 Å². The minimum Gasteiger partial charge on any atom is -0.263 e. The first-order chi connectivity index (χ1) is 13.2. The van der Waals surface area contributed by atoms with Gasteiger partial charge in [0.05, 0.1) is 15.5 Å². The van der Waals surface area contributed by atoms with E-state index in [1.54, 1.807) is 26.0 Å². The molecule has 6 nitrogen and oxygen atoms in total. The quantitative estimate of drug-likeness (QED) is 0.712. The Hall–Kier alpha value is -1.97.